The summed E-state index contributed by atoms with van der Waals surface area (Å²) in [5.41, 5.74) is 7.89. The maximum Gasteiger partial charge on any atom is 0.335 e. The lowest BCUT2D eigenvalue weighted by atomic mass is 10.1. The zero-order valence-corrected chi connectivity index (χ0v) is 12.8. The van der Waals surface area contributed by atoms with Crippen LogP contribution in [0.3, 0.4) is 0 Å². The van der Waals surface area contributed by atoms with E-state index in [1.165, 1.54) is 12.1 Å². The Labute approximate surface area is 126 Å². The maximum atomic E-state index is 10.8. The van der Waals surface area contributed by atoms with Gasteiger partial charge in [0.2, 0.25) is 0 Å². The Kier molecular flexibility index (Phi) is 4.11. The molecule has 0 aliphatic heterocycles. The highest BCUT2D eigenvalue weighted by atomic mass is 79.9. The van der Waals surface area contributed by atoms with Crippen molar-refractivity contribution in [1.29, 1.82) is 0 Å². The molecular formula is C13H10Br2N2O2. The van der Waals surface area contributed by atoms with E-state index in [2.05, 4.69) is 37.2 Å². The standard InChI is InChI=1S/C13H10Br2N2O2/c14-8-2-4-11(9(15)6-8)17-12-3-1-7(13(18)19)5-10(12)16/h1-6,17H,16H2,(H,18,19). The second-order valence-corrected chi connectivity index (χ2v) is 5.63. The summed E-state index contributed by atoms with van der Waals surface area (Å²) in [6, 6.07) is 10.3. The molecule has 2 aromatic carbocycles. The van der Waals surface area contributed by atoms with Crippen LogP contribution >= 0.6 is 31.9 Å². The molecule has 0 spiro atoms. The van der Waals surface area contributed by atoms with Crippen LogP contribution in [0, 0.1) is 0 Å². The van der Waals surface area contributed by atoms with Crippen LogP contribution < -0.4 is 11.1 Å². The number of aromatic carboxylic acids is 1. The smallest absolute Gasteiger partial charge is 0.335 e. The zero-order chi connectivity index (χ0) is 14.0. The highest BCUT2D eigenvalue weighted by molar-refractivity contribution is 9.11. The maximum absolute atomic E-state index is 10.8. The van der Waals surface area contributed by atoms with Crippen molar-refractivity contribution in [3.8, 4) is 0 Å². The van der Waals surface area contributed by atoms with E-state index in [0.29, 0.717) is 11.4 Å². The molecule has 6 heteroatoms. The number of halogens is 2. The predicted molar refractivity (Wildman–Crippen MR) is 82.9 cm³/mol. The van der Waals surface area contributed by atoms with Crippen LogP contribution in [0.1, 0.15) is 10.4 Å². The molecule has 0 saturated carbocycles. The van der Waals surface area contributed by atoms with Gasteiger partial charge < -0.3 is 16.2 Å². The van der Waals surface area contributed by atoms with E-state index in [1.54, 1.807) is 6.07 Å². The normalized spacial score (nSPS) is 10.2. The third-order valence-electron chi connectivity index (χ3n) is 2.50. The Balaban J connectivity index is 2.31. The first kappa shape index (κ1) is 13.9. The quantitative estimate of drug-likeness (QED) is 0.691. The van der Waals surface area contributed by atoms with E-state index < -0.39 is 5.97 Å². The first-order valence-corrected chi connectivity index (χ1v) is 6.91. The number of rotatable bonds is 3. The summed E-state index contributed by atoms with van der Waals surface area (Å²) < 4.78 is 1.84. The van der Waals surface area contributed by atoms with Gasteiger partial charge >= 0.3 is 5.97 Å². The molecule has 19 heavy (non-hydrogen) atoms. The van der Waals surface area contributed by atoms with Crippen molar-refractivity contribution in [2.24, 2.45) is 0 Å². The van der Waals surface area contributed by atoms with E-state index in [1.807, 2.05) is 18.2 Å². The molecule has 0 fully saturated rings. The van der Waals surface area contributed by atoms with E-state index in [9.17, 15) is 4.79 Å². The number of benzene rings is 2. The van der Waals surface area contributed by atoms with Crippen LogP contribution in [0.4, 0.5) is 17.1 Å². The molecule has 0 bridgehead atoms. The van der Waals surface area contributed by atoms with E-state index >= 15 is 0 Å². The Morgan fingerprint density at radius 1 is 1.11 bits per heavy atom. The minimum Gasteiger partial charge on any atom is -0.478 e. The van der Waals surface area contributed by atoms with Crippen LogP contribution in [0.2, 0.25) is 0 Å². The van der Waals surface area contributed by atoms with Gasteiger partial charge in [0.15, 0.2) is 0 Å². The fourth-order valence-corrected chi connectivity index (χ4v) is 2.69. The van der Waals surface area contributed by atoms with Gasteiger partial charge in [-0.15, -0.1) is 0 Å². The third-order valence-corrected chi connectivity index (χ3v) is 3.65. The summed E-state index contributed by atoms with van der Waals surface area (Å²) in [6.45, 7) is 0. The molecule has 2 rings (SSSR count). The number of hydrogen-bond acceptors (Lipinski definition) is 3. The van der Waals surface area contributed by atoms with Crippen molar-refractivity contribution in [3.05, 3.63) is 50.9 Å². The van der Waals surface area contributed by atoms with Crippen molar-refractivity contribution < 1.29 is 9.90 Å². The van der Waals surface area contributed by atoms with Crippen molar-refractivity contribution in [3.63, 3.8) is 0 Å². The number of carboxylic acid groups (broad SMARTS) is 1. The van der Waals surface area contributed by atoms with E-state index in [0.717, 1.165) is 14.6 Å². The molecule has 0 saturated heterocycles. The summed E-state index contributed by atoms with van der Waals surface area (Å²) in [5.74, 6) is -0.997. The monoisotopic (exact) mass is 384 g/mol. The minimum atomic E-state index is -0.997. The second-order valence-electron chi connectivity index (χ2n) is 3.86. The van der Waals surface area contributed by atoms with Gasteiger partial charge in [0.05, 0.1) is 22.6 Å². The van der Waals surface area contributed by atoms with Gasteiger partial charge in [-0.05, 0) is 52.3 Å². The number of nitrogens with two attached hydrogens (primary N) is 1. The van der Waals surface area contributed by atoms with Crippen molar-refractivity contribution in [1.82, 2.24) is 0 Å². The molecule has 0 aliphatic carbocycles. The fourth-order valence-electron chi connectivity index (χ4n) is 1.55. The summed E-state index contributed by atoms with van der Waals surface area (Å²) >= 11 is 6.81. The van der Waals surface area contributed by atoms with Crippen molar-refractivity contribution in [2.75, 3.05) is 11.1 Å². The summed E-state index contributed by atoms with van der Waals surface area (Å²) in [7, 11) is 0. The Morgan fingerprint density at radius 2 is 1.79 bits per heavy atom. The van der Waals surface area contributed by atoms with Gasteiger partial charge in [0, 0.05) is 8.95 Å². The summed E-state index contributed by atoms with van der Waals surface area (Å²) in [5, 5.41) is 12.0. The molecule has 2 aromatic rings. The summed E-state index contributed by atoms with van der Waals surface area (Å²) in [6.07, 6.45) is 0. The Hall–Kier alpha value is -1.53. The molecule has 0 aliphatic rings. The van der Waals surface area contributed by atoms with Gasteiger partial charge in [-0.3, -0.25) is 0 Å². The Bertz CT molecular complexity index is 645. The number of nitrogen functional groups attached to an aromatic ring is 1. The van der Waals surface area contributed by atoms with Crippen LogP contribution in [0.25, 0.3) is 0 Å². The van der Waals surface area contributed by atoms with Crippen LogP contribution in [0.5, 0.6) is 0 Å². The SMILES string of the molecule is Nc1cc(C(=O)O)ccc1Nc1ccc(Br)cc1Br. The molecule has 0 atom stereocenters. The predicted octanol–water partition coefficient (Wildman–Crippen LogP) is 4.24. The topological polar surface area (TPSA) is 75.4 Å². The lowest BCUT2D eigenvalue weighted by Crippen LogP contribution is -2.01. The van der Waals surface area contributed by atoms with Gasteiger partial charge in [-0.1, -0.05) is 15.9 Å². The lowest BCUT2D eigenvalue weighted by molar-refractivity contribution is 0.0697. The lowest BCUT2D eigenvalue weighted by Gasteiger charge is -2.11. The van der Waals surface area contributed by atoms with Crippen LogP contribution in [-0.4, -0.2) is 11.1 Å². The van der Waals surface area contributed by atoms with Gasteiger partial charge in [-0.25, -0.2) is 4.79 Å². The van der Waals surface area contributed by atoms with Crippen LogP contribution in [0.15, 0.2) is 45.3 Å². The average Bonchev–Trinajstić information content (AvgIpc) is 2.34. The van der Waals surface area contributed by atoms with E-state index in [-0.39, 0.29) is 5.56 Å². The van der Waals surface area contributed by atoms with Crippen molar-refractivity contribution >= 4 is 54.9 Å². The molecule has 4 N–H and O–H groups in total. The highest BCUT2D eigenvalue weighted by Crippen LogP contribution is 2.31. The molecule has 0 heterocycles. The molecule has 4 nitrogen and oxygen atoms in total. The fraction of sp³-hybridized carbons (Fsp3) is 0. The first-order chi connectivity index (χ1) is 8.97. The second kappa shape index (κ2) is 5.63. The molecule has 0 amide bonds. The molecular weight excluding hydrogens is 376 g/mol. The largest absolute Gasteiger partial charge is 0.478 e. The molecule has 0 unspecified atom stereocenters. The number of hydrogen-bond donors (Lipinski definition) is 3. The van der Waals surface area contributed by atoms with Gasteiger partial charge in [0.1, 0.15) is 0 Å². The Morgan fingerprint density at radius 3 is 2.37 bits per heavy atom. The van der Waals surface area contributed by atoms with E-state index in [4.69, 9.17) is 10.8 Å². The number of carbonyl (C=O) groups is 1. The van der Waals surface area contributed by atoms with Crippen LogP contribution in [-0.2, 0) is 0 Å². The van der Waals surface area contributed by atoms with Gasteiger partial charge in [0.25, 0.3) is 0 Å². The summed E-state index contributed by atoms with van der Waals surface area (Å²) in [4.78, 5) is 10.8. The molecule has 98 valence electrons. The average molecular weight is 386 g/mol. The zero-order valence-electron chi connectivity index (χ0n) is 9.65. The number of nitrogens with one attached hydrogen (secondary N) is 1. The third kappa shape index (κ3) is 3.27. The number of carboxylic acids is 1. The minimum absolute atomic E-state index is 0.165. The van der Waals surface area contributed by atoms with Crippen molar-refractivity contribution in [2.45, 2.75) is 0 Å². The highest BCUT2D eigenvalue weighted by Gasteiger charge is 2.08. The van der Waals surface area contributed by atoms with Gasteiger partial charge in [-0.2, -0.15) is 0 Å². The first-order valence-electron chi connectivity index (χ1n) is 5.32. The molecule has 0 radical (unpaired) electrons. The number of anilines is 3. The molecule has 0 aromatic heterocycles.